The van der Waals surface area contributed by atoms with Gasteiger partial charge in [-0.25, -0.2) is 0 Å². The summed E-state index contributed by atoms with van der Waals surface area (Å²) in [6, 6.07) is 0. The molecule has 0 aliphatic carbocycles. The first-order valence-electron chi connectivity index (χ1n) is 2.60. The summed E-state index contributed by atoms with van der Waals surface area (Å²) in [5, 5.41) is 0. The van der Waals surface area contributed by atoms with Crippen LogP contribution in [0, 0.1) is 0 Å². The molecule has 0 aromatic rings. The molecule has 0 spiro atoms. The van der Waals surface area contributed by atoms with Crippen molar-refractivity contribution in [2.24, 2.45) is 5.73 Å². The van der Waals surface area contributed by atoms with Crippen LogP contribution in [0.2, 0.25) is 0 Å². The summed E-state index contributed by atoms with van der Waals surface area (Å²) in [5.41, 5.74) is 5.14. The Morgan fingerprint density at radius 1 is 1.78 bits per heavy atom. The van der Waals surface area contributed by atoms with Gasteiger partial charge in [-0.15, -0.1) is 0 Å². The zero-order chi connectivity index (χ0) is 7.33. The fourth-order valence-corrected chi connectivity index (χ4v) is 1.35. The molecule has 0 rings (SSSR count). The van der Waals surface area contributed by atoms with Crippen molar-refractivity contribution in [1.82, 2.24) is 0 Å². The van der Waals surface area contributed by atoms with Crippen LogP contribution in [0.1, 0.15) is 0 Å². The minimum atomic E-state index is -2.35. The SMILES string of the molecule is CSP(C)(=O)OCCN. The van der Waals surface area contributed by atoms with E-state index in [0.29, 0.717) is 13.2 Å². The van der Waals surface area contributed by atoms with E-state index in [1.165, 1.54) is 11.4 Å². The number of hydrogen-bond acceptors (Lipinski definition) is 4. The van der Waals surface area contributed by atoms with Crippen LogP contribution in [0.25, 0.3) is 0 Å². The molecule has 0 aliphatic heterocycles. The fourth-order valence-electron chi connectivity index (χ4n) is 0.271. The van der Waals surface area contributed by atoms with E-state index >= 15 is 0 Å². The predicted octanol–water partition coefficient (Wildman–Crippen LogP) is 1.15. The highest BCUT2D eigenvalue weighted by molar-refractivity contribution is 8.56. The van der Waals surface area contributed by atoms with E-state index in [4.69, 9.17) is 10.3 Å². The van der Waals surface area contributed by atoms with Crippen molar-refractivity contribution < 1.29 is 9.09 Å². The minimum absolute atomic E-state index is 0.384. The third-order valence-corrected chi connectivity index (χ3v) is 4.40. The Kier molecular flexibility index (Phi) is 4.58. The van der Waals surface area contributed by atoms with Crippen molar-refractivity contribution in [3.63, 3.8) is 0 Å². The highest BCUT2D eigenvalue weighted by Gasteiger charge is 2.11. The van der Waals surface area contributed by atoms with Gasteiger partial charge in [-0.05, 0) is 6.26 Å². The summed E-state index contributed by atoms with van der Waals surface area (Å²) in [6.07, 6.45) is 1.76. The average Bonchev–Trinajstić information content (AvgIpc) is 1.84. The number of hydrogen-bond donors (Lipinski definition) is 1. The first kappa shape index (κ1) is 9.50. The zero-order valence-electron chi connectivity index (χ0n) is 5.66. The lowest BCUT2D eigenvalue weighted by atomic mass is 10.8. The molecule has 3 nitrogen and oxygen atoms in total. The van der Waals surface area contributed by atoms with Crippen molar-refractivity contribution >= 4 is 18.0 Å². The Hall–Kier alpha value is 0.500. The molecule has 9 heavy (non-hydrogen) atoms. The van der Waals surface area contributed by atoms with Crippen molar-refractivity contribution in [2.75, 3.05) is 26.1 Å². The van der Waals surface area contributed by atoms with Crippen LogP contribution in [0.5, 0.6) is 0 Å². The summed E-state index contributed by atoms with van der Waals surface area (Å²) in [5.74, 6) is 0. The van der Waals surface area contributed by atoms with E-state index in [9.17, 15) is 4.57 Å². The number of nitrogens with two attached hydrogens (primary N) is 1. The first-order chi connectivity index (χ1) is 4.12. The average molecular weight is 169 g/mol. The molecule has 5 heteroatoms. The molecule has 0 aromatic carbocycles. The minimum Gasteiger partial charge on any atom is -0.328 e. The molecule has 0 heterocycles. The van der Waals surface area contributed by atoms with Crippen LogP contribution in [-0.4, -0.2) is 26.1 Å². The molecule has 0 amide bonds. The van der Waals surface area contributed by atoms with Gasteiger partial charge in [0.15, 0.2) is 0 Å². The summed E-state index contributed by atoms with van der Waals surface area (Å²) in [4.78, 5) is 0. The normalized spacial score (nSPS) is 17.2. The topological polar surface area (TPSA) is 52.3 Å². The molecule has 56 valence electrons. The third-order valence-electron chi connectivity index (χ3n) is 0.775. The first-order valence-corrected chi connectivity index (χ1v) is 6.50. The molecule has 0 bridgehead atoms. The molecule has 0 radical (unpaired) electrons. The second-order valence-corrected chi connectivity index (χ2v) is 6.83. The van der Waals surface area contributed by atoms with Gasteiger partial charge in [-0.2, -0.15) is 0 Å². The lowest BCUT2D eigenvalue weighted by Crippen LogP contribution is -2.05. The van der Waals surface area contributed by atoms with Crippen LogP contribution in [0.15, 0.2) is 0 Å². The Labute approximate surface area is 59.5 Å². The fraction of sp³-hybridized carbons (Fsp3) is 1.00. The van der Waals surface area contributed by atoms with Gasteiger partial charge >= 0.3 is 0 Å². The van der Waals surface area contributed by atoms with Gasteiger partial charge < -0.3 is 10.3 Å². The highest BCUT2D eigenvalue weighted by atomic mass is 32.7. The van der Waals surface area contributed by atoms with Crippen LogP contribution in [0.3, 0.4) is 0 Å². The van der Waals surface area contributed by atoms with Gasteiger partial charge in [0.1, 0.15) is 0 Å². The Balaban J connectivity index is 3.46. The quantitative estimate of drug-likeness (QED) is 0.641. The monoisotopic (exact) mass is 169 g/mol. The van der Waals surface area contributed by atoms with Gasteiger partial charge in [0.25, 0.3) is 6.57 Å². The molecule has 1 atom stereocenters. The van der Waals surface area contributed by atoms with Gasteiger partial charge in [0.05, 0.1) is 6.61 Å². The highest BCUT2D eigenvalue weighted by Crippen LogP contribution is 2.54. The lowest BCUT2D eigenvalue weighted by Gasteiger charge is -2.08. The summed E-state index contributed by atoms with van der Waals surface area (Å²) in [6.45, 7) is 0.0498. The maximum absolute atomic E-state index is 11.0. The van der Waals surface area contributed by atoms with Gasteiger partial charge in [-0.3, -0.25) is 4.57 Å². The Morgan fingerprint density at radius 2 is 2.33 bits per heavy atom. The smallest absolute Gasteiger partial charge is 0.254 e. The lowest BCUT2D eigenvalue weighted by molar-refractivity contribution is 0.338. The zero-order valence-corrected chi connectivity index (χ0v) is 7.37. The Morgan fingerprint density at radius 3 is 2.67 bits per heavy atom. The summed E-state index contributed by atoms with van der Waals surface area (Å²) >= 11 is 1.24. The van der Waals surface area contributed by atoms with Crippen LogP contribution >= 0.6 is 18.0 Å². The molecule has 0 aromatic heterocycles. The van der Waals surface area contributed by atoms with E-state index in [0.717, 1.165) is 0 Å². The maximum atomic E-state index is 11.0. The van der Waals surface area contributed by atoms with Crippen LogP contribution < -0.4 is 5.73 Å². The largest absolute Gasteiger partial charge is 0.328 e. The third kappa shape index (κ3) is 4.97. The van der Waals surface area contributed by atoms with E-state index in [-0.39, 0.29) is 0 Å². The molecule has 2 N–H and O–H groups in total. The van der Waals surface area contributed by atoms with E-state index in [1.54, 1.807) is 12.9 Å². The molecule has 0 aliphatic rings. The van der Waals surface area contributed by atoms with Gasteiger partial charge in [0.2, 0.25) is 0 Å². The molecule has 0 saturated carbocycles. The predicted molar refractivity (Wildman–Crippen MR) is 42.1 cm³/mol. The summed E-state index contributed by atoms with van der Waals surface area (Å²) in [7, 11) is 0. The van der Waals surface area contributed by atoms with E-state index in [1.807, 2.05) is 0 Å². The van der Waals surface area contributed by atoms with Crippen molar-refractivity contribution in [3.05, 3.63) is 0 Å². The van der Waals surface area contributed by atoms with Gasteiger partial charge in [0, 0.05) is 13.2 Å². The Bertz CT molecular complexity index is 119. The molecule has 1 unspecified atom stereocenters. The number of rotatable bonds is 4. The maximum Gasteiger partial charge on any atom is 0.254 e. The van der Waals surface area contributed by atoms with E-state index < -0.39 is 6.57 Å². The molecular weight excluding hydrogens is 157 g/mol. The second-order valence-electron chi connectivity index (χ2n) is 1.58. The van der Waals surface area contributed by atoms with Crippen molar-refractivity contribution in [1.29, 1.82) is 0 Å². The summed E-state index contributed by atoms with van der Waals surface area (Å²) < 4.78 is 15.9. The molecule has 0 fully saturated rings. The molecular formula is C4H12NO2PS. The standard InChI is InChI=1S/C4H12NO2PS/c1-8(6,9-2)7-4-3-5/h3-5H2,1-2H3. The van der Waals surface area contributed by atoms with Gasteiger partial charge in [-0.1, -0.05) is 11.4 Å². The van der Waals surface area contributed by atoms with Crippen LogP contribution in [-0.2, 0) is 9.09 Å². The van der Waals surface area contributed by atoms with E-state index in [2.05, 4.69) is 0 Å². The second kappa shape index (κ2) is 4.34. The molecule has 0 saturated heterocycles. The van der Waals surface area contributed by atoms with Crippen molar-refractivity contribution in [3.8, 4) is 0 Å². The van der Waals surface area contributed by atoms with Crippen LogP contribution in [0.4, 0.5) is 0 Å². The van der Waals surface area contributed by atoms with Crippen molar-refractivity contribution in [2.45, 2.75) is 0 Å².